The first kappa shape index (κ1) is 15.2. The summed E-state index contributed by atoms with van der Waals surface area (Å²) in [6.07, 6.45) is 1.99. The summed E-state index contributed by atoms with van der Waals surface area (Å²) >= 11 is 0. The summed E-state index contributed by atoms with van der Waals surface area (Å²) in [4.78, 5) is 10.5. The van der Waals surface area contributed by atoms with Gasteiger partial charge in [0.25, 0.3) is 5.69 Å². The molecular weight excluding hydrogens is 268 g/mol. The number of rotatable bonds is 5. The molecule has 6 heteroatoms. The summed E-state index contributed by atoms with van der Waals surface area (Å²) in [5.74, 6) is 0. The third kappa shape index (κ3) is 3.46. The van der Waals surface area contributed by atoms with Crippen molar-refractivity contribution >= 4 is 5.69 Å². The molecule has 21 heavy (non-hydrogen) atoms. The lowest BCUT2D eigenvalue weighted by Crippen LogP contribution is -2.22. The minimum Gasteiger partial charge on any atom is -0.304 e. The second kappa shape index (κ2) is 6.05. The van der Waals surface area contributed by atoms with E-state index in [0.29, 0.717) is 0 Å². The summed E-state index contributed by atoms with van der Waals surface area (Å²) in [6, 6.07) is 6.86. The van der Waals surface area contributed by atoms with Gasteiger partial charge in [-0.15, -0.1) is 0 Å². The summed E-state index contributed by atoms with van der Waals surface area (Å²) in [7, 11) is 1.90. The number of benzene rings is 1. The van der Waals surface area contributed by atoms with Crippen LogP contribution in [0.15, 0.2) is 30.5 Å². The first-order chi connectivity index (χ1) is 9.88. The van der Waals surface area contributed by atoms with Crippen molar-refractivity contribution in [2.75, 3.05) is 0 Å². The van der Waals surface area contributed by atoms with Crippen LogP contribution in [0.4, 0.5) is 5.69 Å². The molecule has 6 nitrogen and oxygen atoms in total. The Morgan fingerprint density at radius 3 is 2.62 bits per heavy atom. The molecule has 112 valence electrons. The fourth-order valence-electron chi connectivity index (χ4n) is 2.51. The van der Waals surface area contributed by atoms with Crippen LogP contribution in [0.3, 0.4) is 0 Å². The fraction of sp³-hybridized carbons (Fsp3) is 0.400. The van der Waals surface area contributed by atoms with E-state index >= 15 is 0 Å². The van der Waals surface area contributed by atoms with Crippen molar-refractivity contribution in [1.82, 2.24) is 15.1 Å². The van der Waals surface area contributed by atoms with E-state index < -0.39 is 0 Å². The van der Waals surface area contributed by atoms with E-state index in [0.717, 1.165) is 16.8 Å². The molecule has 1 heterocycles. The standard InChI is InChI=1S/C15H20N4O2/c1-10(13-6-5-7-14(8-13)19(20)21)16-11(2)15-9-18(4)17-12(15)3/h5-11,16H,1-4H3. The maximum Gasteiger partial charge on any atom is 0.269 e. The van der Waals surface area contributed by atoms with Gasteiger partial charge in [-0.05, 0) is 26.3 Å². The molecular formula is C15H20N4O2. The van der Waals surface area contributed by atoms with E-state index in [-0.39, 0.29) is 22.7 Å². The lowest BCUT2D eigenvalue weighted by atomic mass is 10.0. The van der Waals surface area contributed by atoms with Gasteiger partial charge in [-0.2, -0.15) is 5.10 Å². The lowest BCUT2D eigenvalue weighted by molar-refractivity contribution is -0.384. The molecule has 2 rings (SSSR count). The molecule has 0 bridgehead atoms. The molecule has 0 amide bonds. The molecule has 1 aromatic heterocycles. The van der Waals surface area contributed by atoms with Gasteiger partial charge >= 0.3 is 0 Å². The van der Waals surface area contributed by atoms with Crippen molar-refractivity contribution in [3.8, 4) is 0 Å². The van der Waals surface area contributed by atoms with Gasteiger partial charge in [0.2, 0.25) is 0 Å². The molecule has 0 aliphatic heterocycles. The van der Waals surface area contributed by atoms with Crippen LogP contribution in [0.2, 0.25) is 0 Å². The van der Waals surface area contributed by atoms with Gasteiger partial charge in [-0.1, -0.05) is 12.1 Å². The molecule has 0 aliphatic carbocycles. The molecule has 1 N–H and O–H groups in total. The molecule has 0 fully saturated rings. The minimum absolute atomic E-state index is 0.0134. The summed E-state index contributed by atoms with van der Waals surface area (Å²) < 4.78 is 1.79. The largest absolute Gasteiger partial charge is 0.304 e. The normalized spacial score (nSPS) is 13.9. The number of hydrogen-bond donors (Lipinski definition) is 1. The number of aryl methyl sites for hydroxylation is 2. The molecule has 0 spiro atoms. The van der Waals surface area contributed by atoms with Crippen LogP contribution >= 0.6 is 0 Å². The predicted molar refractivity (Wildman–Crippen MR) is 81.0 cm³/mol. The zero-order valence-corrected chi connectivity index (χ0v) is 12.7. The van der Waals surface area contributed by atoms with E-state index in [9.17, 15) is 10.1 Å². The maximum atomic E-state index is 10.8. The number of non-ortho nitro benzene ring substituents is 1. The second-order valence-corrected chi connectivity index (χ2v) is 5.31. The highest BCUT2D eigenvalue weighted by atomic mass is 16.6. The first-order valence-electron chi connectivity index (χ1n) is 6.89. The fourth-order valence-corrected chi connectivity index (χ4v) is 2.51. The third-order valence-corrected chi connectivity index (χ3v) is 3.60. The van der Waals surface area contributed by atoms with Crippen molar-refractivity contribution in [1.29, 1.82) is 0 Å². The van der Waals surface area contributed by atoms with Crippen LogP contribution < -0.4 is 5.32 Å². The minimum atomic E-state index is -0.370. The molecule has 2 aromatic rings. The Kier molecular flexibility index (Phi) is 4.37. The quantitative estimate of drug-likeness (QED) is 0.678. The van der Waals surface area contributed by atoms with E-state index in [1.165, 1.54) is 6.07 Å². The Morgan fingerprint density at radius 1 is 1.33 bits per heavy atom. The van der Waals surface area contributed by atoms with Gasteiger partial charge in [-0.3, -0.25) is 14.8 Å². The second-order valence-electron chi connectivity index (χ2n) is 5.31. The van der Waals surface area contributed by atoms with E-state index in [1.54, 1.807) is 16.8 Å². The van der Waals surface area contributed by atoms with Crippen LogP contribution in [0.25, 0.3) is 0 Å². The van der Waals surface area contributed by atoms with Crippen LogP contribution in [-0.2, 0) is 7.05 Å². The molecule has 0 aliphatic rings. The number of nitro groups is 1. The monoisotopic (exact) mass is 288 g/mol. The van der Waals surface area contributed by atoms with Crippen molar-refractivity contribution in [2.24, 2.45) is 7.05 Å². The van der Waals surface area contributed by atoms with Gasteiger partial charge in [0.05, 0.1) is 10.6 Å². The van der Waals surface area contributed by atoms with E-state index in [2.05, 4.69) is 17.3 Å². The Hall–Kier alpha value is -2.21. The maximum absolute atomic E-state index is 10.8. The van der Waals surface area contributed by atoms with Crippen LogP contribution in [0.1, 0.15) is 42.8 Å². The van der Waals surface area contributed by atoms with Crippen LogP contribution in [-0.4, -0.2) is 14.7 Å². The van der Waals surface area contributed by atoms with Crippen LogP contribution in [0, 0.1) is 17.0 Å². The van der Waals surface area contributed by atoms with Gasteiger partial charge in [-0.25, -0.2) is 0 Å². The van der Waals surface area contributed by atoms with Gasteiger partial charge in [0, 0.05) is 43.0 Å². The Morgan fingerprint density at radius 2 is 2.05 bits per heavy atom. The zero-order chi connectivity index (χ0) is 15.6. The highest BCUT2D eigenvalue weighted by Crippen LogP contribution is 2.23. The van der Waals surface area contributed by atoms with Gasteiger partial charge in [0.15, 0.2) is 0 Å². The van der Waals surface area contributed by atoms with Crippen molar-refractivity contribution in [3.05, 3.63) is 57.4 Å². The molecule has 0 saturated carbocycles. The smallest absolute Gasteiger partial charge is 0.269 e. The van der Waals surface area contributed by atoms with Crippen LogP contribution in [0.5, 0.6) is 0 Å². The summed E-state index contributed by atoms with van der Waals surface area (Å²) in [6.45, 7) is 6.05. The molecule has 2 atom stereocenters. The molecule has 2 unspecified atom stereocenters. The van der Waals surface area contributed by atoms with Gasteiger partial charge in [0.1, 0.15) is 0 Å². The molecule has 0 saturated heterocycles. The first-order valence-corrected chi connectivity index (χ1v) is 6.89. The highest BCUT2D eigenvalue weighted by Gasteiger charge is 2.16. The lowest BCUT2D eigenvalue weighted by Gasteiger charge is -2.20. The summed E-state index contributed by atoms with van der Waals surface area (Å²) in [5.41, 5.74) is 3.14. The van der Waals surface area contributed by atoms with E-state index in [1.807, 2.05) is 33.2 Å². The zero-order valence-electron chi connectivity index (χ0n) is 12.7. The predicted octanol–water partition coefficient (Wildman–Crippen LogP) is 3.05. The van der Waals surface area contributed by atoms with Gasteiger partial charge < -0.3 is 5.32 Å². The number of nitrogens with zero attached hydrogens (tertiary/aromatic N) is 3. The Balaban J connectivity index is 2.14. The average molecular weight is 288 g/mol. The Bertz CT molecular complexity index is 651. The highest BCUT2D eigenvalue weighted by molar-refractivity contribution is 5.35. The van der Waals surface area contributed by atoms with E-state index in [4.69, 9.17) is 0 Å². The third-order valence-electron chi connectivity index (χ3n) is 3.60. The number of nitrogens with one attached hydrogen (secondary N) is 1. The molecule has 1 aromatic carbocycles. The number of nitro benzene ring substituents is 1. The van der Waals surface area contributed by atoms with Crippen molar-refractivity contribution in [2.45, 2.75) is 32.9 Å². The number of hydrogen-bond acceptors (Lipinski definition) is 4. The SMILES string of the molecule is Cc1nn(C)cc1C(C)NC(C)c1cccc([N+](=O)[O-])c1. The topological polar surface area (TPSA) is 73.0 Å². The average Bonchev–Trinajstić information content (AvgIpc) is 2.77. The van der Waals surface area contributed by atoms with Crippen molar-refractivity contribution in [3.63, 3.8) is 0 Å². The molecule has 0 radical (unpaired) electrons. The summed E-state index contributed by atoms with van der Waals surface area (Å²) in [5, 5.41) is 18.6. The Labute approximate surface area is 123 Å². The van der Waals surface area contributed by atoms with Crippen molar-refractivity contribution < 1.29 is 4.92 Å². The number of aromatic nitrogens is 2.